The van der Waals surface area contributed by atoms with Crippen LogP contribution >= 0.6 is 0 Å². The minimum Gasteiger partial charge on any atom is -0.696 e. The maximum absolute atomic E-state index is 5.49. The first-order valence-corrected chi connectivity index (χ1v) is 41.9. The predicted molar refractivity (Wildman–Crippen MR) is 509 cm³/mol. The molecule has 0 spiro atoms. The molecule has 2 atom stereocenters. The number of aliphatic imine (C=N–C) groups is 2. The maximum Gasteiger partial charge on any atom is 0.235 e. The highest BCUT2D eigenvalue weighted by molar-refractivity contribution is 6.29. The second-order valence-corrected chi connectivity index (χ2v) is 32.5. The van der Waals surface area contributed by atoms with Gasteiger partial charge in [0, 0.05) is 126 Å². The average Bonchev–Trinajstić information content (AvgIpc) is 1.55. The Kier molecular flexibility index (Phi) is 13.7. The first kappa shape index (κ1) is 67.1. The summed E-state index contributed by atoms with van der Waals surface area (Å²) in [6, 6.07) is 127. The van der Waals surface area contributed by atoms with Crippen molar-refractivity contribution >= 4 is 203 Å². The molecule has 16 aromatic carbocycles. The minimum absolute atomic E-state index is 0.470. The number of rotatable bonds is 9. The maximum atomic E-state index is 5.49. The highest BCUT2D eigenvalue weighted by Gasteiger charge is 2.29. The van der Waals surface area contributed by atoms with Crippen LogP contribution in [-0.4, -0.2) is 74.7 Å². The van der Waals surface area contributed by atoms with Gasteiger partial charge in [-0.25, -0.2) is 29.9 Å². The van der Waals surface area contributed by atoms with Gasteiger partial charge in [-0.3, -0.25) is 13.7 Å². The third kappa shape index (κ3) is 9.36. The fourth-order valence-corrected chi connectivity index (χ4v) is 21.0. The molecule has 0 amide bonds. The molecule has 0 radical (unpaired) electrons. The van der Waals surface area contributed by atoms with Gasteiger partial charge in [0.25, 0.3) is 0 Å². The summed E-state index contributed by atoms with van der Waals surface area (Å²) >= 11 is 0. The molecule has 0 fully saturated rings. The van der Waals surface area contributed by atoms with E-state index in [-0.39, 0.29) is 0 Å². The zero-order chi connectivity index (χ0) is 80.7. The third-order valence-corrected chi connectivity index (χ3v) is 26.1. The van der Waals surface area contributed by atoms with Gasteiger partial charge in [0.1, 0.15) is 16.9 Å². The van der Waals surface area contributed by atoms with Crippen LogP contribution in [0.4, 0.5) is 0 Å². The lowest BCUT2D eigenvalue weighted by atomic mass is 10.0. The summed E-state index contributed by atoms with van der Waals surface area (Å²) in [5.41, 5.74) is 25.1. The van der Waals surface area contributed by atoms with Crippen LogP contribution in [-0.2, 0) is 0 Å². The summed E-state index contributed by atoms with van der Waals surface area (Å²) in [5.74, 6) is 2.32. The van der Waals surface area contributed by atoms with Crippen LogP contribution < -0.4 is 0 Å². The average molecular weight is 1590 g/mol. The van der Waals surface area contributed by atoms with E-state index in [1.54, 1.807) is 0 Å². The first-order valence-electron chi connectivity index (χ1n) is 41.9. The fourth-order valence-electron chi connectivity index (χ4n) is 21.0. The highest BCUT2D eigenvalue weighted by Crippen LogP contribution is 2.49. The van der Waals surface area contributed by atoms with E-state index in [1.165, 1.54) is 16.2 Å². The lowest BCUT2D eigenvalue weighted by Gasteiger charge is -2.51. The van der Waals surface area contributed by atoms with Crippen molar-refractivity contribution in [1.29, 1.82) is 0 Å². The van der Waals surface area contributed by atoms with Gasteiger partial charge in [0.15, 0.2) is 0 Å². The van der Waals surface area contributed by atoms with Crippen molar-refractivity contribution in [2.24, 2.45) is 9.98 Å². The van der Waals surface area contributed by atoms with Crippen molar-refractivity contribution < 1.29 is 0 Å². The molecule has 12 heterocycles. The van der Waals surface area contributed by atoms with Crippen molar-refractivity contribution in [2.45, 2.75) is 12.3 Å². The normalized spacial score (nSPS) is 14.5. The number of aromatic nitrogens is 12. The van der Waals surface area contributed by atoms with E-state index < -0.39 is 12.3 Å². The second kappa shape index (κ2) is 25.4. The number of hydrogen-bond donors (Lipinski definition) is 0. The number of para-hydroxylation sites is 10. The molecule has 16 nitrogen and oxygen atoms in total. The molecular formula is C108H64N16-2. The molecule has 10 aromatic heterocycles. The molecule has 2 aliphatic rings. The van der Waals surface area contributed by atoms with Crippen molar-refractivity contribution in [2.75, 3.05) is 0 Å². The van der Waals surface area contributed by atoms with E-state index in [9.17, 15) is 0 Å². The molecule has 124 heavy (non-hydrogen) atoms. The summed E-state index contributed by atoms with van der Waals surface area (Å²) < 4.78 is 18.6. The summed E-state index contributed by atoms with van der Waals surface area (Å²) in [6.07, 6.45) is 6.45. The molecule has 16 heteroatoms. The topological polar surface area (TPSA) is 144 Å². The number of hydrogen-bond acceptors (Lipinski definition) is 6. The van der Waals surface area contributed by atoms with Gasteiger partial charge in [-0.2, -0.15) is 6.17 Å². The lowest BCUT2D eigenvalue weighted by Crippen LogP contribution is -2.29. The van der Waals surface area contributed by atoms with E-state index in [1.807, 2.05) is 24.8 Å². The number of fused-ring (bicyclic) bond motifs is 28. The first-order chi connectivity index (χ1) is 61.5. The van der Waals surface area contributed by atoms with Gasteiger partial charge < -0.3 is 33.5 Å². The van der Waals surface area contributed by atoms with Crippen LogP contribution in [0.25, 0.3) is 248 Å². The van der Waals surface area contributed by atoms with Gasteiger partial charge in [-0.15, -0.1) is 6.20 Å². The van der Waals surface area contributed by atoms with Crippen LogP contribution in [0.5, 0.6) is 0 Å². The molecule has 0 aliphatic carbocycles. The van der Waals surface area contributed by atoms with E-state index in [0.29, 0.717) is 34.6 Å². The molecule has 2 unspecified atom stereocenters. The molecule has 0 bridgehead atoms. The van der Waals surface area contributed by atoms with Crippen LogP contribution in [0.2, 0.25) is 0 Å². The Morgan fingerprint density at radius 1 is 0.258 bits per heavy atom. The molecular weight excluding hydrogens is 1520 g/mol. The van der Waals surface area contributed by atoms with Crippen molar-refractivity contribution in [3.05, 3.63) is 381 Å². The van der Waals surface area contributed by atoms with Crippen molar-refractivity contribution in [3.8, 4) is 45.8 Å². The molecule has 0 saturated heterocycles. The fraction of sp³-hybridized carbons (Fsp3) is 0.0185. The second-order valence-electron chi connectivity index (χ2n) is 32.5. The van der Waals surface area contributed by atoms with Gasteiger partial charge in [-0.05, 0) is 151 Å². The zero-order valence-corrected chi connectivity index (χ0v) is 66.1. The van der Waals surface area contributed by atoms with E-state index in [0.717, 1.165) is 192 Å². The smallest absolute Gasteiger partial charge is 0.235 e. The van der Waals surface area contributed by atoms with Crippen LogP contribution in [0, 0.1) is 0 Å². The van der Waals surface area contributed by atoms with Crippen LogP contribution in [0.15, 0.2) is 380 Å². The summed E-state index contributed by atoms with van der Waals surface area (Å²) in [4.78, 5) is 31.6. The van der Waals surface area contributed by atoms with Crippen molar-refractivity contribution in [3.63, 3.8) is 0 Å². The largest absolute Gasteiger partial charge is 0.696 e. The SMILES string of the molecule is C1=NC2=NC(n3c4ccccc4c4c3ccc3c5ccccc5n(-c5ccccc5)c34)=C[N-]C2[N-]C1n1c2ccccc2c2cc3c(cc21)c1ccccc1n3-c1ccc(-c2cccc(-n3c4ccccc4c4ccc5c(c6ccccc6n5-c5ncc6nc(-n7c8ccccc8c8cc9c(cc87)c7ccccc7n9-c7ccccc7)ncc6n5)c43)c2)cc1. The molecule has 0 N–H and O–H groups in total. The predicted octanol–water partition coefficient (Wildman–Crippen LogP) is 26.4. The Labute approximate surface area is 704 Å². The minimum atomic E-state index is -0.615. The Balaban J connectivity index is 0.516. The number of benzene rings is 16. The van der Waals surface area contributed by atoms with Crippen LogP contribution in [0.3, 0.4) is 0 Å². The van der Waals surface area contributed by atoms with E-state index in [4.69, 9.17) is 40.6 Å². The summed E-state index contributed by atoms with van der Waals surface area (Å²) in [7, 11) is 0. The Hall–Kier alpha value is -16.8. The molecule has 2 aliphatic heterocycles. The molecule has 26 aromatic rings. The van der Waals surface area contributed by atoms with Gasteiger partial charge in [-0.1, -0.05) is 218 Å². The quantitative estimate of drug-likeness (QED) is 0.142. The van der Waals surface area contributed by atoms with Gasteiger partial charge in [0.05, 0.1) is 95.5 Å². The summed E-state index contributed by atoms with van der Waals surface area (Å²) in [6.45, 7) is 0. The third-order valence-electron chi connectivity index (χ3n) is 26.1. The molecule has 0 saturated carbocycles. The highest BCUT2D eigenvalue weighted by atomic mass is 15.3. The number of nitrogens with zero attached hydrogens (tertiary/aromatic N) is 16. The monoisotopic (exact) mass is 1580 g/mol. The Morgan fingerprint density at radius 2 is 0.645 bits per heavy atom. The zero-order valence-electron chi connectivity index (χ0n) is 66.1. The van der Waals surface area contributed by atoms with Gasteiger partial charge >= 0.3 is 0 Å². The molecule has 578 valence electrons. The Morgan fingerprint density at radius 3 is 1.19 bits per heavy atom. The standard InChI is InChI=1S/C108H64N16/c1-3-25-65(26-4-1)117-85-38-15-9-33-72(85)80-58-98-82(56-95(80)117)74-35-12-20-43-90(74)124(98)108-112-60-83-84(114-108)59-111-107(113-83)123-92-45-22-14-37-78(92)102-94(123)53-51-76-70-31-8-18-41-88(70)120(104(76)102)68-29-23-24-64(54-68)63-46-48-67(49-47-63)118-86-39-16-10-32-71(86)79-57-97-81(55-96(79)118)73-34-11-19-42-89(73)122(97)100-62-110-105-106(116-100)109-61-99(115-105)121-91-44-21-13-36-77(91)101-93(121)52-50-75-69-30-7-17-40-87(69)119(103(75)101)66-27-5-2-6-28-66/h1-62,100,106H/q-2. The number of amidine groups is 1. The Bertz CT molecular complexity index is 9280. The summed E-state index contributed by atoms with van der Waals surface area (Å²) in [5, 5.41) is 29.0. The van der Waals surface area contributed by atoms with E-state index >= 15 is 0 Å². The molecule has 28 rings (SSSR count). The van der Waals surface area contributed by atoms with Gasteiger partial charge in [0.2, 0.25) is 11.9 Å². The van der Waals surface area contributed by atoms with E-state index in [2.05, 4.69) is 388 Å². The lowest BCUT2D eigenvalue weighted by molar-refractivity contribution is 0.754. The van der Waals surface area contributed by atoms with Crippen LogP contribution in [0.1, 0.15) is 6.17 Å². The van der Waals surface area contributed by atoms with Crippen molar-refractivity contribution in [1.82, 2.24) is 56.5 Å².